The minimum atomic E-state index is -0.930. The van der Waals surface area contributed by atoms with E-state index in [0.717, 1.165) is 6.07 Å². The van der Waals surface area contributed by atoms with Crippen LogP contribution < -0.4 is 0 Å². The van der Waals surface area contributed by atoms with Crippen LogP contribution in [0, 0.1) is 11.6 Å². The molecule has 0 amide bonds. The van der Waals surface area contributed by atoms with Gasteiger partial charge in [-0.15, -0.1) is 10.2 Å². The van der Waals surface area contributed by atoms with Gasteiger partial charge in [-0.3, -0.25) is 0 Å². The number of aromatic nitrogens is 3. The van der Waals surface area contributed by atoms with E-state index in [9.17, 15) is 8.78 Å². The molecule has 6 heteroatoms. The molecule has 3 nitrogen and oxygen atoms in total. The van der Waals surface area contributed by atoms with Crippen LogP contribution in [0.2, 0.25) is 0 Å². The van der Waals surface area contributed by atoms with Gasteiger partial charge in [-0.25, -0.2) is 8.78 Å². The van der Waals surface area contributed by atoms with Gasteiger partial charge in [0, 0.05) is 11.5 Å². The summed E-state index contributed by atoms with van der Waals surface area (Å²) in [4.78, 5) is 0. The molecule has 0 atom stereocenters. The summed E-state index contributed by atoms with van der Waals surface area (Å²) >= 11 is 3.15. The van der Waals surface area contributed by atoms with Crippen molar-refractivity contribution < 1.29 is 8.78 Å². The fourth-order valence-corrected chi connectivity index (χ4v) is 1.73. The molecule has 0 bridgehead atoms. The predicted octanol–water partition coefficient (Wildman–Crippen LogP) is 2.52. The van der Waals surface area contributed by atoms with Crippen LogP contribution in [0.3, 0.4) is 0 Å². The molecule has 0 saturated heterocycles. The molecule has 0 fully saturated rings. The van der Waals surface area contributed by atoms with E-state index in [2.05, 4.69) is 26.1 Å². The van der Waals surface area contributed by atoms with Crippen molar-refractivity contribution in [2.75, 3.05) is 0 Å². The van der Waals surface area contributed by atoms with Crippen LogP contribution in [0.1, 0.15) is 0 Å². The summed E-state index contributed by atoms with van der Waals surface area (Å²) in [7, 11) is 1.66. The fourth-order valence-electron chi connectivity index (χ4n) is 1.24. The van der Waals surface area contributed by atoms with E-state index >= 15 is 0 Å². The summed E-state index contributed by atoms with van der Waals surface area (Å²) in [6.07, 6.45) is 1.42. The first-order valence-electron chi connectivity index (χ1n) is 4.09. The number of benzene rings is 1. The summed E-state index contributed by atoms with van der Waals surface area (Å²) in [5, 5.41) is 7.34. The lowest BCUT2D eigenvalue weighted by Gasteiger charge is -2.05. The van der Waals surface area contributed by atoms with Crippen LogP contribution in [0.5, 0.6) is 0 Å². The Bertz CT molecular complexity index is 510. The van der Waals surface area contributed by atoms with Crippen molar-refractivity contribution in [2.24, 2.45) is 7.05 Å². The largest absolute Gasteiger partial charge is 0.317 e. The second kappa shape index (κ2) is 3.69. The van der Waals surface area contributed by atoms with Crippen molar-refractivity contribution in [3.63, 3.8) is 0 Å². The smallest absolute Gasteiger partial charge is 0.170 e. The highest BCUT2D eigenvalue weighted by atomic mass is 79.9. The molecule has 0 aliphatic heterocycles. The summed E-state index contributed by atoms with van der Waals surface area (Å²) in [6.45, 7) is 0. The van der Waals surface area contributed by atoms with E-state index in [1.165, 1.54) is 17.0 Å². The number of halogens is 3. The highest BCUT2D eigenvalue weighted by Gasteiger charge is 2.17. The lowest BCUT2D eigenvalue weighted by atomic mass is 10.2. The molecule has 78 valence electrons. The molecular weight excluding hydrogens is 268 g/mol. The average molecular weight is 274 g/mol. The molecule has 15 heavy (non-hydrogen) atoms. The molecule has 1 heterocycles. The molecule has 0 aliphatic carbocycles. The Balaban J connectivity index is 2.72. The Morgan fingerprint density at radius 1 is 1.33 bits per heavy atom. The molecule has 2 rings (SSSR count). The van der Waals surface area contributed by atoms with Crippen LogP contribution in [0.25, 0.3) is 11.4 Å². The zero-order valence-corrected chi connectivity index (χ0v) is 9.29. The maximum absolute atomic E-state index is 13.5. The van der Waals surface area contributed by atoms with Gasteiger partial charge in [-0.1, -0.05) is 0 Å². The van der Waals surface area contributed by atoms with Crippen molar-refractivity contribution in [1.29, 1.82) is 0 Å². The van der Waals surface area contributed by atoms with Gasteiger partial charge in [0.2, 0.25) is 0 Å². The third-order valence-corrected chi connectivity index (χ3v) is 2.64. The van der Waals surface area contributed by atoms with Crippen molar-refractivity contribution in [3.8, 4) is 11.4 Å². The number of hydrogen-bond acceptors (Lipinski definition) is 2. The first kappa shape index (κ1) is 10.2. The van der Waals surface area contributed by atoms with Gasteiger partial charge in [0.05, 0.1) is 5.56 Å². The SMILES string of the molecule is Cn1cnnc1-c1c(Br)ccc(F)c1F. The number of hydrogen-bond donors (Lipinski definition) is 0. The van der Waals surface area contributed by atoms with E-state index in [4.69, 9.17) is 0 Å². The first-order chi connectivity index (χ1) is 7.11. The van der Waals surface area contributed by atoms with Crippen LogP contribution in [-0.4, -0.2) is 14.8 Å². The summed E-state index contributed by atoms with van der Waals surface area (Å²) in [5.41, 5.74) is 0.0787. The molecule has 1 aromatic heterocycles. The molecule has 0 saturated carbocycles. The van der Waals surface area contributed by atoms with E-state index in [1.54, 1.807) is 7.05 Å². The summed E-state index contributed by atoms with van der Waals surface area (Å²) in [6, 6.07) is 2.49. The molecule has 0 radical (unpaired) electrons. The maximum Gasteiger partial charge on any atom is 0.170 e. The highest BCUT2D eigenvalue weighted by molar-refractivity contribution is 9.10. The first-order valence-corrected chi connectivity index (χ1v) is 4.88. The molecule has 0 N–H and O–H groups in total. The number of rotatable bonds is 1. The lowest BCUT2D eigenvalue weighted by molar-refractivity contribution is 0.509. The van der Waals surface area contributed by atoms with Gasteiger partial charge < -0.3 is 4.57 Å². The van der Waals surface area contributed by atoms with E-state index in [1.807, 2.05) is 0 Å². The number of aryl methyl sites for hydroxylation is 1. The van der Waals surface area contributed by atoms with Gasteiger partial charge in [0.1, 0.15) is 6.33 Å². The van der Waals surface area contributed by atoms with E-state index in [-0.39, 0.29) is 11.4 Å². The van der Waals surface area contributed by atoms with Crippen LogP contribution in [-0.2, 0) is 7.05 Å². The Kier molecular flexibility index (Phi) is 2.52. The third kappa shape index (κ3) is 1.65. The highest BCUT2D eigenvalue weighted by Crippen LogP contribution is 2.30. The summed E-state index contributed by atoms with van der Waals surface area (Å²) < 4.78 is 28.5. The van der Waals surface area contributed by atoms with Crippen LogP contribution in [0.15, 0.2) is 22.9 Å². The molecule has 0 unspecified atom stereocenters. The Hall–Kier alpha value is -1.30. The molecule has 1 aromatic carbocycles. The van der Waals surface area contributed by atoms with Crippen molar-refractivity contribution in [2.45, 2.75) is 0 Å². The minimum Gasteiger partial charge on any atom is -0.317 e. The third-order valence-electron chi connectivity index (χ3n) is 1.98. The molecule has 0 aliphatic rings. The normalized spacial score (nSPS) is 10.7. The van der Waals surface area contributed by atoms with Crippen molar-refractivity contribution >= 4 is 15.9 Å². The average Bonchev–Trinajstić information content (AvgIpc) is 2.60. The van der Waals surface area contributed by atoms with E-state index in [0.29, 0.717) is 4.47 Å². The van der Waals surface area contributed by atoms with Gasteiger partial charge in [0.15, 0.2) is 17.5 Å². The second-order valence-corrected chi connectivity index (χ2v) is 3.84. The standard InChI is InChI=1S/C9H6BrF2N3/c1-15-4-13-14-9(15)7-5(10)2-3-6(11)8(7)12/h2-4H,1H3. The van der Waals surface area contributed by atoms with E-state index < -0.39 is 11.6 Å². The molecule has 0 spiro atoms. The monoisotopic (exact) mass is 273 g/mol. The number of nitrogens with zero attached hydrogens (tertiary/aromatic N) is 3. The van der Waals surface area contributed by atoms with Gasteiger partial charge in [-0.05, 0) is 28.1 Å². The Morgan fingerprint density at radius 2 is 2.07 bits per heavy atom. The maximum atomic E-state index is 13.5. The topological polar surface area (TPSA) is 30.7 Å². The van der Waals surface area contributed by atoms with Crippen molar-refractivity contribution in [1.82, 2.24) is 14.8 Å². The quantitative estimate of drug-likeness (QED) is 0.748. The van der Waals surface area contributed by atoms with Gasteiger partial charge in [-0.2, -0.15) is 0 Å². The predicted molar refractivity (Wildman–Crippen MR) is 54.1 cm³/mol. The van der Waals surface area contributed by atoms with Crippen LogP contribution in [0.4, 0.5) is 8.78 Å². The lowest BCUT2D eigenvalue weighted by Crippen LogP contribution is -1.97. The minimum absolute atomic E-state index is 0.0787. The van der Waals surface area contributed by atoms with Gasteiger partial charge >= 0.3 is 0 Å². The fraction of sp³-hybridized carbons (Fsp3) is 0.111. The zero-order chi connectivity index (χ0) is 11.0. The second-order valence-electron chi connectivity index (χ2n) is 2.98. The van der Waals surface area contributed by atoms with Gasteiger partial charge in [0.25, 0.3) is 0 Å². The van der Waals surface area contributed by atoms with Crippen molar-refractivity contribution in [3.05, 3.63) is 34.6 Å². The Labute approximate surface area is 92.9 Å². The zero-order valence-electron chi connectivity index (χ0n) is 7.71. The summed E-state index contributed by atoms with van der Waals surface area (Å²) in [5.74, 6) is -1.56. The van der Waals surface area contributed by atoms with Crippen LogP contribution >= 0.6 is 15.9 Å². The molecule has 2 aromatic rings. The Morgan fingerprint density at radius 3 is 2.67 bits per heavy atom. The molecular formula is C9H6BrF2N3.